The Balaban J connectivity index is 1.97. The van der Waals surface area contributed by atoms with Crippen LogP contribution in [0.1, 0.15) is 46.4 Å². The zero-order valence-electron chi connectivity index (χ0n) is 16.6. The summed E-state index contributed by atoms with van der Waals surface area (Å²) in [5, 5.41) is 49.7. The van der Waals surface area contributed by atoms with E-state index < -0.39 is 37.1 Å². The van der Waals surface area contributed by atoms with E-state index in [9.17, 15) is 25.7 Å². The summed E-state index contributed by atoms with van der Waals surface area (Å²) in [7, 11) is 0. The fraction of sp³-hybridized carbons (Fsp3) is 0.435. The smallest absolute Gasteiger partial charge is 0.113 e. The van der Waals surface area contributed by atoms with Gasteiger partial charge in [0.1, 0.15) is 30.5 Å². The van der Waals surface area contributed by atoms with Gasteiger partial charge in [-0.3, -0.25) is 0 Å². The van der Waals surface area contributed by atoms with E-state index in [0.29, 0.717) is 17.5 Å². The first-order valence-electron chi connectivity index (χ1n) is 9.81. The van der Waals surface area contributed by atoms with Gasteiger partial charge >= 0.3 is 0 Å². The van der Waals surface area contributed by atoms with Crippen molar-refractivity contribution in [1.29, 1.82) is 5.26 Å². The van der Waals surface area contributed by atoms with Gasteiger partial charge in [-0.15, -0.1) is 0 Å². The van der Waals surface area contributed by atoms with Crippen molar-refractivity contribution in [1.82, 2.24) is 0 Å². The normalized spacial score (nSPS) is 26.9. The Kier molecular flexibility index (Phi) is 6.68. The number of ether oxygens (including phenoxy) is 1. The first kappa shape index (κ1) is 21.4. The van der Waals surface area contributed by atoms with Crippen LogP contribution >= 0.6 is 0 Å². The van der Waals surface area contributed by atoms with E-state index >= 15 is 0 Å². The van der Waals surface area contributed by atoms with Gasteiger partial charge < -0.3 is 25.2 Å². The summed E-state index contributed by atoms with van der Waals surface area (Å²) in [6.07, 6.45) is -4.76. The van der Waals surface area contributed by atoms with Gasteiger partial charge in [-0.25, -0.2) is 0 Å². The predicted molar refractivity (Wildman–Crippen MR) is 107 cm³/mol. The first-order valence-corrected chi connectivity index (χ1v) is 9.81. The average molecular weight is 397 g/mol. The lowest BCUT2D eigenvalue weighted by Crippen LogP contribution is -2.55. The fourth-order valence-electron chi connectivity index (χ4n) is 3.77. The van der Waals surface area contributed by atoms with E-state index in [1.54, 1.807) is 6.07 Å². The van der Waals surface area contributed by atoms with Crippen LogP contribution < -0.4 is 0 Å². The predicted octanol–water partition coefficient (Wildman–Crippen LogP) is 1.53. The van der Waals surface area contributed by atoms with E-state index in [-0.39, 0.29) is 0 Å². The van der Waals surface area contributed by atoms with Crippen molar-refractivity contribution < 1.29 is 25.2 Å². The van der Waals surface area contributed by atoms with Crippen molar-refractivity contribution in [3.63, 3.8) is 0 Å². The Morgan fingerprint density at radius 2 is 1.66 bits per heavy atom. The second-order valence-corrected chi connectivity index (χ2v) is 7.57. The molecule has 1 aliphatic rings. The quantitative estimate of drug-likeness (QED) is 0.609. The van der Waals surface area contributed by atoms with Crippen LogP contribution in [0.5, 0.6) is 0 Å². The van der Waals surface area contributed by atoms with Crippen LogP contribution in [0.4, 0.5) is 0 Å². The Bertz CT molecular complexity index is 887. The minimum Gasteiger partial charge on any atom is -0.394 e. The maximum atomic E-state index is 10.5. The van der Waals surface area contributed by atoms with Gasteiger partial charge in [0.05, 0.1) is 18.2 Å². The lowest BCUT2D eigenvalue weighted by atomic mass is 9.86. The molecule has 1 aliphatic heterocycles. The minimum atomic E-state index is -1.48. The molecular weight excluding hydrogens is 370 g/mol. The van der Waals surface area contributed by atoms with Crippen molar-refractivity contribution in [2.45, 2.75) is 57.2 Å². The second kappa shape index (κ2) is 9.04. The Labute approximate surface area is 170 Å². The molecular formula is C23H27NO5. The maximum absolute atomic E-state index is 10.5. The molecule has 1 saturated heterocycles. The topological polar surface area (TPSA) is 114 Å². The fourth-order valence-corrected chi connectivity index (χ4v) is 3.77. The highest BCUT2D eigenvalue weighted by Gasteiger charge is 2.44. The highest BCUT2D eigenvalue weighted by atomic mass is 16.5. The number of nitrogens with zero attached hydrogens (tertiary/aromatic N) is 1. The van der Waals surface area contributed by atoms with Crippen LogP contribution in [0.15, 0.2) is 36.4 Å². The summed E-state index contributed by atoms with van der Waals surface area (Å²) in [6, 6.07) is 14.0. The summed E-state index contributed by atoms with van der Waals surface area (Å²) < 4.78 is 5.67. The first-order chi connectivity index (χ1) is 13.9. The van der Waals surface area contributed by atoms with Crippen LogP contribution in [-0.4, -0.2) is 51.4 Å². The lowest BCUT2D eigenvalue weighted by molar-refractivity contribution is -0.231. The lowest BCUT2D eigenvalue weighted by Gasteiger charge is -2.40. The van der Waals surface area contributed by atoms with Crippen molar-refractivity contribution in [2.24, 2.45) is 0 Å². The van der Waals surface area contributed by atoms with Gasteiger partial charge in [0.25, 0.3) is 0 Å². The molecule has 1 heterocycles. The summed E-state index contributed by atoms with van der Waals surface area (Å²) >= 11 is 0. The van der Waals surface area contributed by atoms with Crippen molar-refractivity contribution in [3.8, 4) is 6.07 Å². The molecule has 1 fully saturated rings. The molecule has 0 spiro atoms. The third-order valence-electron chi connectivity index (χ3n) is 5.65. The second-order valence-electron chi connectivity index (χ2n) is 7.57. The van der Waals surface area contributed by atoms with Crippen LogP contribution in [0, 0.1) is 18.3 Å². The number of benzene rings is 2. The molecule has 2 aromatic rings. The Morgan fingerprint density at radius 1 is 1.00 bits per heavy atom. The molecule has 0 aliphatic carbocycles. The van der Waals surface area contributed by atoms with Crippen LogP contribution in [0.25, 0.3) is 0 Å². The summed E-state index contributed by atoms with van der Waals surface area (Å²) in [4.78, 5) is 0. The molecule has 154 valence electrons. The Hall–Kier alpha value is -2.27. The third kappa shape index (κ3) is 4.35. The van der Waals surface area contributed by atoms with Gasteiger partial charge in [-0.05, 0) is 48.1 Å². The van der Waals surface area contributed by atoms with Crippen molar-refractivity contribution >= 4 is 0 Å². The molecule has 6 nitrogen and oxygen atoms in total. The molecule has 4 N–H and O–H groups in total. The number of hydrogen-bond donors (Lipinski definition) is 4. The van der Waals surface area contributed by atoms with Gasteiger partial charge in [0.2, 0.25) is 0 Å². The zero-order valence-corrected chi connectivity index (χ0v) is 16.6. The number of aryl methyl sites for hydroxylation is 2. The number of aliphatic hydroxyl groups is 4. The molecule has 0 amide bonds. The van der Waals surface area contributed by atoms with Gasteiger partial charge in [-0.2, -0.15) is 5.26 Å². The van der Waals surface area contributed by atoms with Crippen molar-refractivity contribution in [3.05, 3.63) is 69.8 Å². The molecule has 29 heavy (non-hydrogen) atoms. The molecule has 5 atom stereocenters. The van der Waals surface area contributed by atoms with E-state index in [0.717, 1.165) is 23.1 Å². The average Bonchev–Trinajstić information content (AvgIpc) is 2.74. The molecule has 0 aromatic heterocycles. The van der Waals surface area contributed by atoms with Crippen LogP contribution in [0.2, 0.25) is 0 Å². The van der Waals surface area contributed by atoms with Gasteiger partial charge in [0.15, 0.2) is 0 Å². The van der Waals surface area contributed by atoms with Crippen LogP contribution in [-0.2, 0) is 17.6 Å². The van der Waals surface area contributed by atoms with E-state index in [2.05, 4.69) is 37.3 Å². The van der Waals surface area contributed by atoms with E-state index in [1.165, 1.54) is 5.56 Å². The largest absolute Gasteiger partial charge is 0.394 e. The third-order valence-corrected chi connectivity index (χ3v) is 5.65. The number of hydrogen-bond acceptors (Lipinski definition) is 6. The summed E-state index contributed by atoms with van der Waals surface area (Å²) in [6.45, 7) is 3.52. The molecule has 6 heteroatoms. The number of rotatable bonds is 5. The van der Waals surface area contributed by atoms with Gasteiger partial charge in [0, 0.05) is 5.56 Å². The van der Waals surface area contributed by atoms with Crippen LogP contribution in [0.3, 0.4) is 0 Å². The maximum Gasteiger partial charge on any atom is 0.113 e. The Morgan fingerprint density at radius 3 is 2.24 bits per heavy atom. The molecule has 3 rings (SSSR count). The highest BCUT2D eigenvalue weighted by molar-refractivity contribution is 5.47. The summed E-state index contributed by atoms with van der Waals surface area (Å²) in [5.74, 6) is 0. The van der Waals surface area contributed by atoms with Crippen molar-refractivity contribution in [2.75, 3.05) is 6.61 Å². The SMILES string of the molecule is CCc1ccc(Cc2cc([C@@H]3O[C@H](CO)[C@@H](O)[C@H](O)[C@H]3O)c(C#N)cc2C)cc1. The molecule has 0 unspecified atom stereocenters. The van der Waals surface area contributed by atoms with E-state index in [1.807, 2.05) is 13.0 Å². The zero-order chi connectivity index (χ0) is 21.1. The summed E-state index contributed by atoms with van der Waals surface area (Å²) in [5.41, 5.74) is 5.06. The minimum absolute atomic E-state index is 0.330. The molecule has 0 radical (unpaired) electrons. The molecule has 2 aromatic carbocycles. The monoisotopic (exact) mass is 397 g/mol. The molecule has 0 bridgehead atoms. The highest BCUT2D eigenvalue weighted by Crippen LogP contribution is 2.35. The number of aliphatic hydroxyl groups excluding tert-OH is 4. The van der Waals surface area contributed by atoms with Gasteiger partial charge in [-0.1, -0.05) is 37.3 Å². The standard InChI is InChI=1S/C23H27NO5/c1-3-14-4-6-15(7-5-14)9-16-10-18(17(11-24)8-13(16)2)23-22(28)21(27)20(26)19(12-25)29-23/h4-8,10,19-23,25-28H,3,9,12H2,1-2H3/t19-,20-,21+,22-,23+/m1/s1. The number of nitriles is 1. The van der Waals surface area contributed by atoms with E-state index in [4.69, 9.17) is 4.74 Å². The molecule has 0 saturated carbocycles.